The maximum Gasteiger partial charge on any atom is 0.466 e. The second kappa shape index (κ2) is 13.2. The van der Waals surface area contributed by atoms with E-state index in [1.165, 1.54) is 25.7 Å². The van der Waals surface area contributed by atoms with E-state index in [4.69, 9.17) is 19.2 Å². The summed E-state index contributed by atoms with van der Waals surface area (Å²) in [6.45, 7) is 2.61. The predicted octanol–water partition coefficient (Wildman–Crippen LogP) is 2.95. The van der Waals surface area contributed by atoms with Gasteiger partial charge in [-0.2, -0.15) is 0 Å². The molecule has 136 valence electrons. The van der Waals surface area contributed by atoms with E-state index in [0.29, 0.717) is 5.92 Å². The van der Waals surface area contributed by atoms with E-state index >= 15 is 0 Å². The van der Waals surface area contributed by atoms with Crippen molar-refractivity contribution in [2.45, 2.75) is 67.6 Å². The molecule has 0 aliphatic rings. The molecular weight excluding hydrogens is 528 g/mol. The fourth-order valence-corrected chi connectivity index (χ4v) is 16.9. The van der Waals surface area contributed by atoms with Crippen molar-refractivity contribution in [1.82, 2.24) is 0 Å². The van der Waals surface area contributed by atoms with Crippen molar-refractivity contribution in [2.75, 3.05) is 0 Å². The number of hydrogen-bond acceptors (Lipinski definition) is 3. The normalized spacial score (nSPS) is 12.4. The molecule has 10 heteroatoms. The Morgan fingerprint density at radius 1 is 1.00 bits per heavy atom. The fourth-order valence-electron chi connectivity index (χ4n) is 1.78. The van der Waals surface area contributed by atoms with Gasteiger partial charge in [-0.15, -0.1) is 0 Å². The summed E-state index contributed by atoms with van der Waals surface area (Å²) in [5.41, 5.74) is 0. The molecule has 0 bridgehead atoms. The van der Waals surface area contributed by atoms with Crippen LogP contribution in [0.3, 0.4) is 0 Å². The number of unbranched alkanes of at least 4 members (excludes halogenated alkanes) is 5. The van der Waals surface area contributed by atoms with Gasteiger partial charge in [0.25, 0.3) is 0 Å². The van der Waals surface area contributed by atoms with E-state index in [-0.39, 0.29) is 0 Å². The van der Waals surface area contributed by atoms with Crippen LogP contribution in [0.1, 0.15) is 59.3 Å². The van der Waals surface area contributed by atoms with Gasteiger partial charge in [0.1, 0.15) is 0 Å². The van der Waals surface area contributed by atoms with Crippen molar-refractivity contribution in [3.05, 3.63) is 0 Å². The molecule has 0 saturated carbocycles. The van der Waals surface area contributed by atoms with Crippen molar-refractivity contribution in [2.24, 2.45) is 5.92 Å². The first-order chi connectivity index (χ1) is 9.88. The minimum absolute atomic E-state index is 0.398. The molecule has 22 heavy (non-hydrogen) atoms. The van der Waals surface area contributed by atoms with E-state index in [1.807, 2.05) is 13.8 Å². The van der Waals surface area contributed by atoms with Crippen molar-refractivity contribution in [3.63, 3.8) is 0 Å². The summed E-state index contributed by atoms with van der Waals surface area (Å²) in [4.78, 5) is 21.6. The van der Waals surface area contributed by atoms with Gasteiger partial charge in [-0.25, -0.2) is 4.57 Å². The zero-order chi connectivity index (χ0) is 17.8. The third kappa shape index (κ3) is 23.2. The summed E-state index contributed by atoms with van der Waals surface area (Å²) < 4.78 is 42.2. The SMILES string of the molecule is CCCCCCC[CH2][Bi]([CH2]C(C)C)[S](=O)(=O)O.O=P(O)(O)O. The number of phosphoric acid groups is 1. The molecule has 4 N–H and O–H groups in total. The number of rotatable bonds is 10. The molecule has 0 rings (SSSR count). The fraction of sp³-hybridized carbons (Fsp3) is 1.00. The molecule has 0 radical (unpaired) electrons. The van der Waals surface area contributed by atoms with E-state index < -0.39 is 35.0 Å². The van der Waals surface area contributed by atoms with Gasteiger partial charge in [0, 0.05) is 0 Å². The zero-order valence-corrected chi connectivity index (χ0v) is 18.7. The average molecular weight is 558 g/mol. The first-order valence-electron chi connectivity index (χ1n) is 7.38. The molecular formula is C12H30BiO7PS. The zero-order valence-electron chi connectivity index (χ0n) is 13.6. The first-order valence-corrected chi connectivity index (χ1v) is 19.5. The van der Waals surface area contributed by atoms with Gasteiger partial charge < -0.3 is 14.7 Å². The number of hydrogen-bond donors (Lipinski definition) is 4. The van der Waals surface area contributed by atoms with Crippen molar-refractivity contribution in [3.8, 4) is 0 Å². The molecule has 0 aliphatic heterocycles. The van der Waals surface area contributed by atoms with E-state index in [1.54, 1.807) is 0 Å². The van der Waals surface area contributed by atoms with Crippen LogP contribution in [0.15, 0.2) is 0 Å². The Balaban J connectivity index is 0. The van der Waals surface area contributed by atoms with Gasteiger partial charge >= 0.3 is 121 Å². The van der Waals surface area contributed by atoms with Gasteiger partial charge in [0.05, 0.1) is 0 Å². The Hall–Kier alpha value is 0.903. The first kappa shape index (κ1) is 25.1. The van der Waals surface area contributed by atoms with Crippen LogP contribution in [0.5, 0.6) is 0 Å². The second-order valence-electron chi connectivity index (χ2n) is 5.51. The second-order valence-corrected chi connectivity index (χ2v) is 24.2. The molecule has 0 aromatic rings. The van der Waals surface area contributed by atoms with Crippen LogP contribution in [0.4, 0.5) is 0 Å². The van der Waals surface area contributed by atoms with Crippen LogP contribution in [-0.4, -0.2) is 47.9 Å². The molecule has 0 aromatic heterocycles. The quantitative estimate of drug-likeness (QED) is 0.140. The van der Waals surface area contributed by atoms with Crippen LogP contribution in [0.25, 0.3) is 0 Å². The van der Waals surface area contributed by atoms with Gasteiger partial charge in [0.2, 0.25) is 0 Å². The van der Waals surface area contributed by atoms with E-state index in [9.17, 15) is 13.0 Å². The summed E-state index contributed by atoms with van der Waals surface area (Å²) in [6, 6.07) is 0. The summed E-state index contributed by atoms with van der Waals surface area (Å²) in [6.07, 6.45) is 7.09. The van der Waals surface area contributed by atoms with E-state index in [0.717, 1.165) is 21.1 Å². The standard InChI is InChI=1S/C8H17.C4H9.Bi.H3O4P.HO3S/c1-3-5-7-8-6-4-2;1-4(2)3;;1-5(2,3)4;1-4(2)3/h1,3-8H2,2H3;4H,1H2,2-3H3;;(H3,1,2,3,4);(H,1,2,3). The van der Waals surface area contributed by atoms with Crippen molar-refractivity contribution in [1.29, 1.82) is 0 Å². The summed E-state index contributed by atoms with van der Waals surface area (Å²) in [5.74, 6) is 0.398. The molecule has 0 atom stereocenters. The topological polar surface area (TPSA) is 132 Å². The molecule has 0 aliphatic carbocycles. The predicted molar refractivity (Wildman–Crippen MR) is 89.4 cm³/mol. The summed E-state index contributed by atoms with van der Waals surface area (Å²) in [7, 11) is -4.64. The van der Waals surface area contributed by atoms with Crippen LogP contribution < -0.4 is 0 Å². The van der Waals surface area contributed by atoms with Gasteiger partial charge in [-0.05, 0) is 0 Å². The minimum Gasteiger partial charge on any atom is -0.303 e. The summed E-state index contributed by atoms with van der Waals surface area (Å²) in [5, 5.41) is 0. The monoisotopic (exact) mass is 558 g/mol. The smallest absolute Gasteiger partial charge is 0.303 e. The average Bonchev–Trinajstić information content (AvgIpc) is 2.28. The summed E-state index contributed by atoms with van der Waals surface area (Å²) >= 11 is -2.69. The van der Waals surface area contributed by atoms with E-state index in [2.05, 4.69) is 6.92 Å². The van der Waals surface area contributed by atoms with Gasteiger partial charge in [0.15, 0.2) is 0 Å². The minimum atomic E-state index is -4.64. The largest absolute Gasteiger partial charge is 0.466 e. The Morgan fingerprint density at radius 3 is 1.77 bits per heavy atom. The maximum atomic E-state index is 11.3. The Morgan fingerprint density at radius 2 is 1.41 bits per heavy atom. The van der Waals surface area contributed by atoms with Gasteiger partial charge in [-0.3, -0.25) is 0 Å². The van der Waals surface area contributed by atoms with Crippen LogP contribution in [0.2, 0.25) is 8.26 Å². The van der Waals surface area contributed by atoms with Gasteiger partial charge in [-0.1, -0.05) is 0 Å². The molecule has 7 nitrogen and oxygen atoms in total. The van der Waals surface area contributed by atoms with Crippen LogP contribution in [0, 0.1) is 5.92 Å². The molecule has 0 unspecified atom stereocenters. The van der Waals surface area contributed by atoms with Crippen LogP contribution >= 0.6 is 7.82 Å². The molecule has 0 heterocycles. The van der Waals surface area contributed by atoms with Crippen molar-refractivity contribution < 1.29 is 32.2 Å². The molecule has 0 spiro atoms. The Bertz CT molecular complexity index is 399. The molecule has 0 fully saturated rings. The molecule has 0 saturated heterocycles. The molecule has 0 aromatic carbocycles. The third-order valence-corrected chi connectivity index (χ3v) is 21.4. The van der Waals surface area contributed by atoms with Crippen LogP contribution in [-0.2, 0) is 11.4 Å². The molecule has 0 amide bonds. The Labute approximate surface area is 140 Å². The maximum absolute atomic E-state index is 11.3. The Kier molecular flexibility index (Phi) is 15.1. The van der Waals surface area contributed by atoms with Crippen molar-refractivity contribution >= 4 is 35.0 Å². The third-order valence-electron chi connectivity index (χ3n) is 2.66.